The van der Waals surface area contributed by atoms with Crippen LogP contribution in [0.15, 0.2) is 77.7 Å². The standard InChI is InChI=1S/C25H21F2N5O2S/c26-19-8-9-20(21(27)10-19)25(34,13-32-15-28-14-30-32)12-31-16-29-23-22(24(31)33)18(11-35-23)7-6-17-4-2-1-3-5-17/h1-5,8-11,14-16,34H,6-7,12-13H2. The first-order valence-corrected chi connectivity index (χ1v) is 11.8. The van der Waals surface area contributed by atoms with Crippen LogP contribution in [0.5, 0.6) is 0 Å². The summed E-state index contributed by atoms with van der Waals surface area (Å²) in [4.78, 5) is 22.4. The van der Waals surface area contributed by atoms with E-state index in [9.17, 15) is 18.7 Å². The second-order valence-corrected chi connectivity index (χ2v) is 9.21. The molecule has 0 radical (unpaired) electrons. The van der Waals surface area contributed by atoms with Crippen molar-refractivity contribution in [2.75, 3.05) is 0 Å². The summed E-state index contributed by atoms with van der Waals surface area (Å²) in [5.74, 6) is -1.69. The van der Waals surface area contributed by atoms with E-state index >= 15 is 0 Å². The summed E-state index contributed by atoms with van der Waals surface area (Å²) in [6.45, 7) is -0.518. The third-order valence-corrected chi connectivity index (χ3v) is 6.85. The number of hydrogen-bond acceptors (Lipinski definition) is 6. The van der Waals surface area contributed by atoms with Crippen molar-refractivity contribution >= 4 is 21.6 Å². The third kappa shape index (κ3) is 4.75. The maximum atomic E-state index is 14.8. The summed E-state index contributed by atoms with van der Waals surface area (Å²) in [5, 5.41) is 18.0. The fourth-order valence-electron chi connectivity index (χ4n) is 4.20. The van der Waals surface area contributed by atoms with E-state index in [1.807, 2.05) is 35.7 Å². The zero-order chi connectivity index (χ0) is 24.4. The number of aliphatic hydroxyl groups is 1. The van der Waals surface area contributed by atoms with Crippen molar-refractivity contribution in [3.63, 3.8) is 0 Å². The maximum absolute atomic E-state index is 14.8. The van der Waals surface area contributed by atoms with Crippen molar-refractivity contribution in [1.82, 2.24) is 24.3 Å². The summed E-state index contributed by atoms with van der Waals surface area (Å²) < 4.78 is 30.9. The highest BCUT2D eigenvalue weighted by molar-refractivity contribution is 7.16. The summed E-state index contributed by atoms with van der Waals surface area (Å²) in [7, 11) is 0. The first kappa shape index (κ1) is 23.0. The number of aromatic nitrogens is 5. The molecule has 35 heavy (non-hydrogen) atoms. The molecule has 1 atom stereocenters. The second kappa shape index (κ2) is 9.47. The van der Waals surface area contributed by atoms with Crippen molar-refractivity contribution in [3.05, 3.63) is 112 Å². The van der Waals surface area contributed by atoms with Gasteiger partial charge in [0.05, 0.1) is 24.8 Å². The molecule has 0 bridgehead atoms. The number of halogens is 2. The Morgan fingerprint density at radius 3 is 2.60 bits per heavy atom. The zero-order valence-electron chi connectivity index (χ0n) is 18.5. The SMILES string of the molecule is O=c1c2c(CCc3ccccc3)csc2ncn1CC(O)(Cn1cncn1)c1ccc(F)cc1F. The number of rotatable bonds is 8. The van der Waals surface area contributed by atoms with Crippen LogP contribution < -0.4 is 5.56 Å². The molecule has 0 aliphatic carbocycles. The largest absolute Gasteiger partial charge is 0.381 e. The molecule has 0 amide bonds. The van der Waals surface area contributed by atoms with Crippen molar-refractivity contribution < 1.29 is 13.9 Å². The van der Waals surface area contributed by atoms with Gasteiger partial charge in [0, 0.05) is 11.6 Å². The molecule has 1 unspecified atom stereocenters. The average molecular weight is 494 g/mol. The highest BCUT2D eigenvalue weighted by Crippen LogP contribution is 2.29. The van der Waals surface area contributed by atoms with Crippen LogP contribution >= 0.6 is 11.3 Å². The number of fused-ring (bicyclic) bond motifs is 1. The number of nitrogens with zero attached hydrogens (tertiary/aromatic N) is 5. The third-order valence-electron chi connectivity index (χ3n) is 5.92. The predicted molar refractivity (Wildman–Crippen MR) is 128 cm³/mol. The molecule has 7 nitrogen and oxygen atoms in total. The smallest absolute Gasteiger partial charge is 0.262 e. The molecule has 3 aromatic heterocycles. The van der Waals surface area contributed by atoms with Gasteiger partial charge in [-0.2, -0.15) is 5.10 Å². The van der Waals surface area contributed by atoms with Gasteiger partial charge in [0.2, 0.25) is 0 Å². The minimum atomic E-state index is -1.93. The van der Waals surface area contributed by atoms with Gasteiger partial charge < -0.3 is 5.11 Å². The lowest BCUT2D eigenvalue weighted by Gasteiger charge is -2.29. The number of hydrogen-bond donors (Lipinski definition) is 1. The van der Waals surface area contributed by atoms with Crippen LogP contribution in [0.2, 0.25) is 0 Å². The normalized spacial score (nSPS) is 13.2. The van der Waals surface area contributed by atoms with Crippen molar-refractivity contribution in [1.29, 1.82) is 0 Å². The Labute approximate surface area is 203 Å². The summed E-state index contributed by atoms with van der Waals surface area (Å²) in [6.07, 6.45) is 5.41. The van der Waals surface area contributed by atoms with E-state index in [-0.39, 0.29) is 24.2 Å². The van der Waals surface area contributed by atoms with Crippen molar-refractivity contribution in [3.8, 4) is 0 Å². The molecule has 2 aromatic carbocycles. The van der Waals surface area contributed by atoms with E-state index in [1.165, 1.54) is 45.6 Å². The molecule has 0 spiro atoms. The van der Waals surface area contributed by atoms with Crippen LogP contribution in [0.4, 0.5) is 8.78 Å². The van der Waals surface area contributed by atoms with Gasteiger partial charge >= 0.3 is 0 Å². The van der Waals surface area contributed by atoms with Crippen molar-refractivity contribution in [2.45, 2.75) is 31.5 Å². The Hall–Kier alpha value is -3.76. The fourth-order valence-corrected chi connectivity index (χ4v) is 5.13. The Kier molecular flexibility index (Phi) is 6.23. The molecular weight excluding hydrogens is 472 g/mol. The molecule has 0 saturated carbocycles. The highest BCUT2D eigenvalue weighted by Gasteiger charge is 2.35. The van der Waals surface area contributed by atoms with Crippen LogP contribution in [0.1, 0.15) is 16.7 Å². The molecule has 0 saturated heterocycles. The van der Waals surface area contributed by atoms with Gasteiger partial charge in [-0.25, -0.2) is 23.4 Å². The molecule has 0 aliphatic rings. The lowest BCUT2D eigenvalue weighted by Crippen LogP contribution is -2.40. The topological polar surface area (TPSA) is 85.8 Å². The van der Waals surface area contributed by atoms with Gasteiger partial charge in [0.1, 0.15) is 34.7 Å². The molecule has 0 aliphatic heterocycles. The van der Waals surface area contributed by atoms with Gasteiger partial charge in [0.15, 0.2) is 0 Å². The lowest BCUT2D eigenvalue weighted by atomic mass is 9.92. The second-order valence-electron chi connectivity index (χ2n) is 8.35. The van der Waals surface area contributed by atoms with Gasteiger partial charge in [0.25, 0.3) is 5.56 Å². The lowest BCUT2D eigenvalue weighted by molar-refractivity contribution is -0.00641. The first-order chi connectivity index (χ1) is 16.9. The fraction of sp³-hybridized carbons (Fsp3) is 0.200. The number of aryl methyl sites for hydroxylation is 2. The number of thiophene rings is 1. The molecular formula is C25H21F2N5O2S. The van der Waals surface area contributed by atoms with E-state index in [0.717, 1.165) is 23.6 Å². The van der Waals surface area contributed by atoms with Crippen LogP contribution in [0.3, 0.4) is 0 Å². The number of benzene rings is 2. The minimum absolute atomic E-state index is 0.156. The Bertz CT molecular complexity index is 1520. The van der Waals surface area contributed by atoms with Gasteiger partial charge in [-0.15, -0.1) is 11.3 Å². The molecule has 5 aromatic rings. The monoisotopic (exact) mass is 493 g/mol. The molecule has 10 heteroatoms. The average Bonchev–Trinajstić information content (AvgIpc) is 3.50. The van der Waals surface area contributed by atoms with E-state index in [4.69, 9.17) is 0 Å². The van der Waals surface area contributed by atoms with E-state index in [2.05, 4.69) is 15.1 Å². The quantitative estimate of drug-likeness (QED) is 0.356. The minimum Gasteiger partial charge on any atom is -0.381 e. The maximum Gasteiger partial charge on any atom is 0.262 e. The predicted octanol–water partition coefficient (Wildman–Crippen LogP) is 3.70. The molecule has 3 heterocycles. The Morgan fingerprint density at radius 1 is 1.03 bits per heavy atom. The van der Waals surface area contributed by atoms with Crippen LogP contribution in [-0.2, 0) is 31.5 Å². The van der Waals surface area contributed by atoms with Crippen LogP contribution in [0.25, 0.3) is 10.2 Å². The summed E-state index contributed by atoms with van der Waals surface area (Å²) >= 11 is 1.38. The van der Waals surface area contributed by atoms with Gasteiger partial charge in [-0.1, -0.05) is 36.4 Å². The molecule has 5 rings (SSSR count). The zero-order valence-corrected chi connectivity index (χ0v) is 19.3. The molecule has 178 valence electrons. The molecule has 0 fully saturated rings. The van der Waals surface area contributed by atoms with Crippen molar-refractivity contribution in [2.24, 2.45) is 0 Å². The summed E-state index contributed by atoms with van der Waals surface area (Å²) in [6, 6.07) is 12.9. The highest BCUT2D eigenvalue weighted by atomic mass is 32.1. The Morgan fingerprint density at radius 2 is 1.86 bits per heavy atom. The van der Waals surface area contributed by atoms with Crippen LogP contribution in [-0.4, -0.2) is 29.4 Å². The van der Waals surface area contributed by atoms with Crippen LogP contribution in [0, 0.1) is 11.6 Å². The van der Waals surface area contributed by atoms with E-state index in [0.29, 0.717) is 22.7 Å². The molecule has 1 N–H and O–H groups in total. The summed E-state index contributed by atoms with van der Waals surface area (Å²) in [5.41, 5.74) is -0.390. The van der Waals surface area contributed by atoms with Gasteiger partial charge in [-0.05, 0) is 35.4 Å². The Balaban J connectivity index is 1.52. The van der Waals surface area contributed by atoms with E-state index in [1.54, 1.807) is 0 Å². The first-order valence-electron chi connectivity index (χ1n) is 10.9. The van der Waals surface area contributed by atoms with E-state index < -0.39 is 17.2 Å². The van der Waals surface area contributed by atoms with Gasteiger partial charge in [-0.3, -0.25) is 9.36 Å².